The number of aryl methyl sites for hydroxylation is 1. The second kappa shape index (κ2) is 10.2. The van der Waals surface area contributed by atoms with Gasteiger partial charge in [0.15, 0.2) is 17.9 Å². The van der Waals surface area contributed by atoms with Gasteiger partial charge in [-0.05, 0) is 5.10 Å². The summed E-state index contributed by atoms with van der Waals surface area (Å²) in [5.74, 6) is -3.33. The van der Waals surface area contributed by atoms with Crippen LogP contribution in [0.2, 0.25) is 0 Å². The molecule has 0 saturated heterocycles. The lowest BCUT2D eigenvalue weighted by Gasteiger charge is -2.00. The van der Waals surface area contributed by atoms with E-state index in [4.69, 9.17) is 9.90 Å². The number of esters is 1. The molecule has 2 aromatic heterocycles. The van der Waals surface area contributed by atoms with Crippen molar-refractivity contribution in [3.63, 3.8) is 0 Å². The number of ether oxygens (including phenoxy) is 1. The molecule has 0 aliphatic rings. The molecule has 0 spiro atoms. The van der Waals surface area contributed by atoms with E-state index in [-0.39, 0.29) is 18.3 Å². The highest BCUT2D eigenvalue weighted by Gasteiger charge is 2.38. The molecule has 146 valence electrons. The number of anilines is 1. The van der Waals surface area contributed by atoms with E-state index < -0.39 is 12.1 Å². The zero-order valence-electron chi connectivity index (χ0n) is 13.8. The maximum absolute atomic E-state index is 11.9. The van der Waals surface area contributed by atoms with Crippen LogP contribution in [0.4, 0.5) is 18.3 Å². The molecule has 1 amide bonds. The van der Waals surface area contributed by atoms with Crippen molar-refractivity contribution in [2.24, 2.45) is 0 Å². The van der Waals surface area contributed by atoms with E-state index in [1.54, 1.807) is 28.5 Å². The van der Waals surface area contributed by atoms with E-state index in [9.17, 15) is 22.8 Å². The van der Waals surface area contributed by atoms with E-state index in [2.05, 4.69) is 20.1 Å². The Hall–Kier alpha value is -3.09. The number of methoxy groups -OCH3 is 1. The van der Waals surface area contributed by atoms with Crippen LogP contribution in [0.15, 0.2) is 30.0 Å². The quantitative estimate of drug-likeness (QED) is 0.565. The third-order valence-electron chi connectivity index (χ3n) is 2.70. The monoisotopic (exact) mass is 407 g/mol. The van der Waals surface area contributed by atoms with Gasteiger partial charge in [0.2, 0.25) is 0 Å². The molecule has 2 rings (SSSR count). The number of carboxylic acids is 1. The van der Waals surface area contributed by atoms with Gasteiger partial charge in [-0.1, -0.05) is 4.68 Å². The number of nitrogens with one attached hydrogen (secondary N) is 1. The summed E-state index contributed by atoms with van der Waals surface area (Å²) < 4.78 is 37.8. The summed E-state index contributed by atoms with van der Waals surface area (Å²) in [7, 11) is 1.34. The molecule has 13 heteroatoms. The van der Waals surface area contributed by atoms with Gasteiger partial charge in [0.05, 0.1) is 12.7 Å². The number of carbonyl (C=O) groups excluding carboxylic acids is 2. The van der Waals surface area contributed by atoms with Crippen molar-refractivity contribution >= 4 is 34.3 Å². The average molecular weight is 407 g/mol. The SMILES string of the molecule is COC(=O)CC[n+]1ccc(C(=O)Nc2nccs2)cn1.O=C(O)C(F)(F)F. The minimum absolute atomic E-state index is 0.235. The second-order valence-corrected chi connectivity index (χ2v) is 5.49. The number of carbonyl (C=O) groups is 3. The van der Waals surface area contributed by atoms with Crippen LogP contribution in [0.25, 0.3) is 0 Å². The number of alkyl halides is 3. The van der Waals surface area contributed by atoms with Crippen molar-refractivity contribution in [3.05, 3.63) is 35.6 Å². The minimum atomic E-state index is -5.08. The van der Waals surface area contributed by atoms with Crippen LogP contribution in [0.3, 0.4) is 0 Å². The van der Waals surface area contributed by atoms with Crippen LogP contribution in [-0.2, 0) is 20.9 Å². The fourth-order valence-electron chi connectivity index (χ4n) is 1.41. The highest BCUT2D eigenvalue weighted by atomic mass is 32.1. The lowest BCUT2D eigenvalue weighted by atomic mass is 10.3. The lowest BCUT2D eigenvalue weighted by Crippen LogP contribution is -2.39. The molecule has 27 heavy (non-hydrogen) atoms. The zero-order valence-corrected chi connectivity index (χ0v) is 14.6. The summed E-state index contributed by atoms with van der Waals surface area (Å²) in [6.45, 7) is 0.404. The molecular formula is C14H14F3N4O5S+. The first-order valence-electron chi connectivity index (χ1n) is 7.07. The number of aliphatic carboxylic acids is 1. The molecule has 0 saturated carbocycles. The fourth-order valence-corrected chi connectivity index (χ4v) is 1.94. The summed E-state index contributed by atoms with van der Waals surface area (Å²) in [6.07, 6.45) is -0.150. The van der Waals surface area contributed by atoms with Crippen LogP contribution >= 0.6 is 11.3 Å². The minimum Gasteiger partial charge on any atom is -0.475 e. The first kappa shape index (κ1) is 22.0. The predicted molar refractivity (Wildman–Crippen MR) is 84.8 cm³/mol. The molecule has 9 nitrogen and oxygen atoms in total. The van der Waals surface area contributed by atoms with Crippen molar-refractivity contribution in [2.45, 2.75) is 19.1 Å². The largest absolute Gasteiger partial charge is 0.490 e. The molecule has 2 aromatic rings. The highest BCUT2D eigenvalue weighted by molar-refractivity contribution is 7.13. The Morgan fingerprint density at radius 2 is 2.04 bits per heavy atom. The molecule has 0 unspecified atom stereocenters. The summed E-state index contributed by atoms with van der Waals surface area (Å²) in [5, 5.41) is 16.2. The summed E-state index contributed by atoms with van der Waals surface area (Å²) >= 11 is 1.34. The number of rotatable bonds is 5. The summed E-state index contributed by atoms with van der Waals surface area (Å²) in [6, 6.07) is 1.63. The molecule has 0 aliphatic carbocycles. The van der Waals surface area contributed by atoms with Crippen molar-refractivity contribution in [1.82, 2.24) is 10.1 Å². The fraction of sp³-hybridized carbons (Fsp3) is 0.286. The Morgan fingerprint density at radius 1 is 1.37 bits per heavy atom. The first-order chi connectivity index (χ1) is 12.6. The van der Waals surface area contributed by atoms with Gasteiger partial charge in [-0.2, -0.15) is 13.2 Å². The van der Waals surface area contributed by atoms with Gasteiger partial charge in [-0.3, -0.25) is 14.9 Å². The van der Waals surface area contributed by atoms with E-state index in [0.717, 1.165) is 0 Å². The van der Waals surface area contributed by atoms with Gasteiger partial charge < -0.3 is 9.84 Å². The number of hydrogen-bond acceptors (Lipinski definition) is 7. The maximum atomic E-state index is 11.9. The van der Waals surface area contributed by atoms with E-state index >= 15 is 0 Å². The molecule has 0 atom stereocenters. The number of hydrogen-bond donors (Lipinski definition) is 2. The van der Waals surface area contributed by atoms with Gasteiger partial charge in [-0.15, -0.1) is 11.3 Å². The van der Waals surface area contributed by atoms with Gasteiger partial charge in [0.25, 0.3) is 5.91 Å². The van der Waals surface area contributed by atoms with Crippen molar-refractivity contribution < 1.29 is 42.1 Å². The molecule has 2 N–H and O–H groups in total. The first-order valence-corrected chi connectivity index (χ1v) is 7.95. The lowest BCUT2D eigenvalue weighted by molar-refractivity contribution is -0.753. The molecule has 0 aromatic carbocycles. The number of carboxylic acid groups (broad SMARTS) is 1. The summed E-state index contributed by atoms with van der Waals surface area (Å²) in [4.78, 5) is 35.7. The van der Waals surface area contributed by atoms with Gasteiger partial charge in [0.1, 0.15) is 12.6 Å². The normalized spacial score (nSPS) is 10.4. The predicted octanol–water partition coefficient (Wildman–Crippen LogP) is 1.27. The number of thiazole rings is 1. The Labute approximate surface area is 154 Å². The Morgan fingerprint density at radius 3 is 2.48 bits per heavy atom. The van der Waals surface area contributed by atoms with E-state index in [0.29, 0.717) is 17.2 Å². The average Bonchev–Trinajstić information content (AvgIpc) is 3.12. The standard InChI is InChI=1S/C12H12N4O3S.C2HF3O2/c1-19-10(17)3-6-16-5-2-9(8-14-16)11(18)15-12-13-4-7-20-12;3-2(4,5)1(6)7/h2,4-5,7-8H,3,6H2,1H3;(H,6,7)/p+1. The van der Waals surface area contributed by atoms with E-state index in [1.807, 2.05) is 0 Å². The van der Waals surface area contributed by atoms with Crippen LogP contribution in [-0.4, -0.2) is 46.3 Å². The smallest absolute Gasteiger partial charge is 0.475 e. The molecule has 0 radical (unpaired) electrons. The number of nitrogens with zero attached hydrogens (tertiary/aromatic N) is 3. The molecule has 2 heterocycles. The Bertz CT molecular complexity index is 766. The Kier molecular flexibility index (Phi) is 8.26. The second-order valence-electron chi connectivity index (χ2n) is 4.60. The van der Waals surface area contributed by atoms with Crippen LogP contribution in [0.5, 0.6) is 0 Å². The topological polar surface area (TPSA) is 122 Å². The number of amides is 1. The Balaban J connectivity index is 0.000000445. The van der Waals surface area contributed by atoms with Gasteiger partial charge in [0, 0.05) is 17.6 Å². The highest BCUT2D eigenvalue weighted by Crippen LogP contribution is 2.13. The molecule has 0 aliphatic heterocycles. The maximum Gasteiger partial charge on any atom is 0.490 e. The van der Waals surface area contributed by atoms with E-state index in [1.165, 1.54) is 24.6 Å². The summed E-state index contributed by atoms with van der Waals surface area (Å²) in [5.41, 5.74) is 0.425. The van der Waals surface area contributed by atoms with Gasteiger partial charge >= 0.3 is 18.1 Å². The molecule has 0 bridgehead atoms. The molecule has 0 fully saturated rings. The van der Waals surface area contributed by atoms with Crippen LogP contribution < -0.4 is 10.00 Å². The third-order valence-corrected chi connectivity index (χ3v) is 3.39. The number of halogens is 3. The van der Waals surface area contributed by atoms with Crippen LogP contribution in [0.1, 0.15) is 16.8 Å². The molecular weight excluding hydrogens is 393 g/mol. The van der Waals surface area contributed by atoms with Crippen LogP contribution in [0, 0.1) is 0 Å². The third kappa shape index (κ3) is 8.22. The van der Waals surface area contributed by atoms with Gasteiger partial charge in [-0.25, -0.2) is 9.78 Å². The number of aromatic nitrogens is 3. The van der Waals surface area contributed by atoms with Crippen molar-refractivity contribution in [2.75, 3.05) is 12.4 Å². The van der Waals surface area contributed by atoms with Crippen molar-refractivity contribution in [3.8, 4) is 0 Å². The zero-order chi connectivity index (χ0) is 20.4. The van der Waals surface area contributed by atoms with Crippen molar-refractivity contribution in [1.29, 1.82) is 0 Å².